The van der Waals surface area contributed by atoms with Crippen molar-refractivity contribution in [3.05, 3.63) is 42.1 Å². The van der Waals surface area contributed by atoms with E-state index in [0.29, 0.717) is 0 Å². The van der Waals surface area contributed by atoms with E-state index in [9.17, 15) is 0 Å². The van der Waals surface area contributed by atoms with Crippen LogP contribution in [0.5, 0.6) is 0 Å². The monoisotopic (exact) mass is 324 g/mol. The average molecular weight is 324 g/mol. The fourth-order valence-electron chi connectivity index (χ4n) is 2.96. The van der Waals surface area contributed by atoms with Crippen molar-refractivity contribution in [2.24, 2.45) is 0 Å². The van der Waals surface area contributed by atoms with Gasteiger partial charge in [-0.2, -0.15) is 0 Å². The second-order valence-electron chi connectivity index (χ2n) is 6.31. The summed E-state index contributed by atoms with van der Waals surface area (Å²) in [5, 5.41) is 4.45. The number of hydrogen-bond donors (Lipinski definition) is 1. The van der Waals surface area contributed by atoms with Crippen LogP contribution in [0, 0.1) is 13.8 Å². The van der Waals surface area contributed by atoms with Gasteiger partial charge in [-0.3, -0.25) is 4.98 Å². The van der Waals surface area contributed by atoms with Crippen molar-refractivity contribution in [1.82, 2.24) is 24.4 Å². The summed E-state index contributed by atoms with van der Waals surface area (Å²) in [6.07, 6.45) is 6.27. The summed E-state index contributed by atoms with van der Waals surface area (Å²) in [5.41, 5.74) is 4.39. The molecule has 3 rings (SSSR count). The molecular weight excluding hydrogens is 300 g/mol. The normalized spacial score (nSPS) is 11.4. The molecule has 3 aromatic rings. The van der Waals surface area contributed by atoms with Crippen LogP contribution in [-0.2, 0) is 6.54 Å². The van der Waals surface area contributed by atoms with Gasteiger partial charge in [-0.25, -0.2) is 9.97 Å². The molecule has 0 spiro atoms. The molecular formula is C18H24N6. The highest BCUT2D eigenvalue weighted by molar-refractivity contribution is 5.93. The maximum atomic E-state index is 4.55. The molecule has 6 nitrogen and oxygen atoms in total. The van der Waals surface area contributed by atoms with Crippen molar-refractivity contribution in [2.75, 3.05) is 26.0 Å². The largest absolute Gasteiger partial charge is 0.338 e. The van der Waals surface area contributed by atoms with E-state index in [-0.39, 0.29) is 0 Å². The van der Waals surface area contributed by atoms with Crippen molar-refractivity contribution < 1.29 is 0 Å². The standard InChI is InChI=1S/C18H24N6/c1-13-14(2)24(10-6-9-23(3)4)18-16(13)17(20-12-21-18)22-15-7-5-8-19-11-15/h5,7-8,11-12H,6,9-10H2,1-4H3,(H,20,21,22). The van der Waals surface area contributed by atoms with Gasteiger partial charge in [0, 0.05) is 18.4 Å². The number of pyridine rings is 1. The van der Waals surface area contributed by atoms with E-state index in [1.165, 1.54) is 11.3 Å². The van der Waals surface area contributed by atoms with Gasteiger partial charge >= 0.3 is 0 Å². The highest BCUT2D eigenvalue weighted by atomic mass is 15.1. The lowest BCUT2D eigenvalue weighted by Gasteiger charge is -2.12. The van der Waals surface area contributed by atoms with Gasteiger partial charge in [0.25, 0.3) is 0 Å². The summed E-state index contributed by atoms with van der Waals surface area (Å²) in [6, 6.07) is 3.89. The van der Waals surface area contributed by atoms with E-state index in [2.05, 4.69) is 57.7 Å². The fraction of sp³-hybridized carbons (Fsp3) is 0.389. The lowest BCUT2D eigenvalue weighted by molar-refractivity contribution is 0.387. The molecule has 0 bridgehead atoms. The molecule has 1 N–H and O–H groups in total. The second-order valence-corrected chi connectivity index (χ2v) is 6.31. The smallest absolute Gasteiger partial charge is 0.145 e. The Balaban J connectivity index is 1.98. The lowest BCUT2D eigenvalue weighted by atomic mass is 10.2. The number of fused-ring (bicyclic) bond motifs is 1. The summed E-state index contributed by atoms with van der Waals surface area (Å²) >= 11 is 0. The predicted molar refractivity (Wildman–Crippen MR) is 97.7 cm³/mol. The topological polar surface area (TPSA) is 58.9 Å². The van der Waals surface area contributed by atoms with Crippen molar-refractivity contribution >= 4 is 22.5 Å². The van der Waals surface area contributed by atoms with Crippen LogP contribution in [0.3, 0.4) is 0 Å². The number of rotatable bonds is 6. The molecule has 0 unspecified atom stereocenters. The Kier molecular flexibility index (Phi) is 4.76. The molecule has 0 saturated heterocycles. The SMILES string of the molecule is Cc1c(C)n(CCCN(C)C)c2ncnc(Nc3cccnc3)c12. The molecule has 0 radical (unpaired) electrons. The molecule has 0 aliphatic heterocycles. The van der Waals surface area contributed by atoms with Crippen LogP contribution in [-0.4, -0.2) is 45.1 Å². The number of anilines is 2. The van der Waals surface area contributed by atoms with Crippen LogP contribution < -0.4 is 5.32 Å². The van der Waals surface area contributed by atoms with Gasteiger partial charge in [-0.15, -0.1) is 0 Å². The molecule has 24 heavy (non-hydrogen) atoms. The molecule has 3 aromatic heterocycles. The number of hydrogen-bond acceptors (Lipinski definition) is 5. The fourth-order valence-corrected chi connectivity index (χ4v) is 2.96. The number of nitrogens with zero attached hydrogens (tertiary/aromatic N) is 5. The Morgan fingerprint density at radius 2 is 2.04 bits per heavy atom. The molecule has 0 saturated carbocycles. The Morgan fingerprint density at radius 1 is 1.21 bits per heavy atom. The summed E-state index contributed by atoms with van der Waals surface area (Å²) in [5.74, 6) is 0.833. The minimum absolute atomic E-state index is 0.833. The average Bonchev–Trinajstić information content (AvgIpc) is 2.81. The van der Waals surface area contributed by atoms with Crippen molar-refractivity contribution in [2.45, 2.75) is 26.8 Å². The first-order chi connectivity index (χ1) is 11.6. The zero-order valence-corrected chi connectivity index (χ0v) is 14.7. The maximum absolute atomic E-state index is 4.55. The molecule has 0 aliphatic rings. The number of aromatic nitrogens is 4. The third kappa shape index (κ3) is 3.23. The van der Waals surface area contributed by atoms with Crippen molar-refractivity contribution in [1.29, 1.82) is 0 Å². The van der Waals surface area contributed by atoms with Crippen molar-refractivity contribution in [3.8, 4) is 0 Å². The van der Waals surface area contributed by atoms with Crippen molar-refractivity contribution in [3.63, 3.8) is 0 Å². The Bertz CT molecular complexity index is 822. The van der Waals surface area contributed by atoms with Gasteiger partial charge < -0.3 is 14.8 Å². The second kappa shape index (κ2) is 6.97. The van der Waals surface area contributed by atoms with Crippen LogP contribution in [0.15, 0.2) is 30.9 Å². The highest BCUT2D eigenvalue weighted by Gasteiger charge is 2.16. The molecule has 6 heteroatoms. The first-order valence-electron chi connectivity index (χ1n) is 8.20. The van der Waals surface area contributed by atoms with E-state index in [0.717, 1.165) is 42.0 Å². The third-order valence-corrected chi connectivity index (χ3v) is 4.32. The zero-order valence-electron chi connectivity index (χ0n) is 14.7. The highest BCUT2D eigenvalue weighted by Crippen LogP contribution is 2.30. The molecule has 0 amide bonds. The van der Waals surface area contributed by atoms with Crippen LogP contribution in [0.4, 0.5) is 11.5 Å². The van der Waals surface area contributed by atoms with E-state index in [1.807, 2.05) is 12.1 Å². The van der Waals surface area contributed by atoms with Crippen LogP contribution in [0.1, 0.15) is 17.7 Å². The Labute approximate surface area is 142 Å². The first kappa shape index (κ1) is 16.4. The predicted octanol–water partition coefficient (Wildman–Crippen LogP) is 3.14. The lowest BCUT2D eigenvalue weighted by Crippen LogP contribution is -2.15. The quantitative estimate of drug-likeness (QED) is 0.755. The van der Waals surface area contributed by atoms with Gasteiger partial charge in [0.1, 0.15) is 17.8 Å². The molecule has 0 aromatic carbocycles. The van der Waals surface area contributed by atoms with Crippen LogP contribution >= 0.6 is 0 Å². The molecule has 126 valence electrons. The van der Waals surface area contributed by atoms with Crippen LogP contribution in [0.25, 0.3) is 11.0 Å². The summed E-state index contributed by atoms with van der Waals surface area (Å²) < 4.78 is 2.30. The summed E-state index contributed by atoms with van der Waals surface area (Å²) in [4.78, 5) is 15.4. The van der Waals surface area contributed by atoms with E-state index >= 15 is 0 Å². The maximum Gasteiger partial charge on any atom is 0.145 e. The Morgan fingerprint density at radius 3 is 2.75 bits per heavy atom. The molecule has 0 fully saturated rings. The first-order valence-corrected chi connectivity index (χ1v) is 8.20. The van der Waals surface area contributed by atoms with Gasteiger partial charge in [-0.1, -0.05) is 0 Å². The third-order valence-electron chi connectivity index (χ3n) is 4.32. The van der Waals surface area contributed by atoms with E-state index in [1.54, 1.807) is 18.7 Å². The zero-order chi connectivity index (χ0) is 17.1. The Hall–Kier alpha value is -2.47. The minimum atomic E-state index is 0.833. The van der Waals surface area contributed by atoms with E-state index < -0.39 is 0 Å². The minimum Gasteiger partial charge on any atom is -0.338 e. The van der Waals surface area contributed by atoms with Gasteiger partial charge in [0.2, 0.25) is 0 Å². The van der Waals surface area contributed by atoms with Crippen LogP contribution in [0.2, 0.25) is 0 Å². The summed E-state index contributed by atoms with van der Waals surface area (Å²) in [7, 11) is 4.20. The molecule has 0 atom stereocenters. The number of aryl methyl sites for hydroxylation is 2. The van der Waals surface area contributed by atoms with E-state index in [4.69, 9.17) is 0 Å². The molecule has 3 heterocycles. The van der Waals surface area contributed by atoms with Gasteiger partial charge in [0.15, 0.2) is 0 Å². The van der Waals surface area contributed by atoms with Gasteiger partial charge in [-0.05, 0) is 58.6 Å². The molecule has 0 aliphatic carbocycles. The summed E-state index contributed by atoms with van der Waals surface area (Å²) in [6.45, 7) is 6.31. The number of nitrogens with one attached hydrogen (secondary N) is 1. The van der Waals surface area contributed by atoms with Gasteiger partial charge in [0.05, 0.1) is 17.3 Å².